The molecule has 9 heteroatoms. The lowest BCUT2D eigenvalue weighted by Gasteiger charge is -2.39. The van der Waals surface area contributed by atoms with E-state index in [9.17, 15) is 0 Å². The molecule has 6 aromatic carbocycles. The van der Waals surface area contributed by atoms with Crippen molar-refractivity contribution < 1.29 is 14.4 Å². The Balaban J connectivity index is 0.865. The molecule has 0 aliphatic heterocycles. The van der Waals surface area contributed by atoms with E-state index in [0.717, 1.165) is 89.0 Å². The van der Waals surface area contributed by atoms with Gasteiger partial charge in [-0.25, -0.2) is 0 Å². The number of hydrogen-bond donors (Lipinski definition) is 0. The van der Waals surface area contributed by atoms with Crippen molar-refractivity contribution in [3.63, 3.8) is 0 Å². The molecule has 81 heavy (non-hydrogen) atoms. The average molecular weight is 1060 g/mol. The molecular formula is C72H66N6O3. The second-order valence-corrected chi connectivity index (χ2v) is 22.7. The number of nitrogens with zero attached hydrogens (tertiary/aromatic N) is 6. The van der Waals surface area contributed by atoms with E-state index in [4.69, 9.17) is 15.0 Å². The highest BCUT2D eigenvalue weighted by Crippen LogP contribution is 2.41. The van der Waals surface area contributed by atoms with Gasteiger partial charge in [0.2, 0.25) is 17.7 Å². The molecule has 1 fully saturated rings. The molecule has 1 saturated carbocycles. The first-order chi connectivity index (χ1) is 39.8. The lowest BCUT2D eigenvalue weighted by atomic mass is 9.73. The molecule has 0 bridgehead atoms. The zero-order valence-electron chi connectivity index (χ0n) is 45.8. The van der Waals surface area contributed by atoms with Crippen molar-refractivity contribution in [3.05, 3.63) is 251 Å². The number of benzene rings is 6. The fourth-order valence-electron chi connectivity index (χ4n) is 13.1. The molecule has 3 amide bonds. The monoisotopic (exact) mass is 1060 g/mol. The quantitative estimate of drug-likeness (QED) is 0.101. The Morgan fingerprint density at radius 3 is 0.889 bits per heavy atom. The van der Waals surface area contributed by atoms with Gasteiger partial charge >= 0.3 is 0 Å². The van der Waals surface area contributed by atoms with Crippen molar-refractivity contribution in [2.75, 3.05) is 14.7 Å². The van der Waals surface area contributed by atoms with Crippen molar-refractivity contribution in [1.82, 2.24) is 15.0 Å². The van der Waals surface area contributed by atoms with Gasteiger partial charge in [0.05, 0.1) is 72.4 Å². The molecule has 0 radical (unpaired) electrons. The Morgan fingerprint density at radius 1 is 0.333 bits per heavy atom. The second kappa shape index (κ2) is 23.1. The molecule has 3 aromatic heterocycles. The summed E-state index contributed by atoms with van der Waals surface area (Å²) in [5, 5.41) is 0. The molecule has 13 rings (SSSR count). The van der Waals surface area contributed by atoms with Crippen LogP contribution in [0, 0.1) is 17.8 Å². The van der Waals surface area contributed by atoms with E-state index in [1.807, 2.05) is 142 Å². The Kier molecular flexibility index (Phi) is 14.7. The SMILES string of the molecule is O=C(C1CC(C(=O)N(Cc2ccccc2)c2ccc(-c3ccc4c(c3)CCC4)nc2)CC(C(=O)N(Cc2ccccc2)c2ccc(-c3ccc4c(c3)CCC4)nc2)C1)N(Cc1ccccc1)c1ccc(-c2ccc3c(c2)CCC3)nc1. The summed E-state index contributed by atoms with van der Waals surface area (Å²) in [4.78, 5) is 68.1. The number of hydrogen-bond acceptors (Lipinski definition) is 6. The molecule has 4 aliphatic carbocycles. The predicted octanol–water partition coefficient (Wildman–Crippen LogP) is 14.4. The zero-order chi connectivity index (χ0) is 54.7. The van der Waals surface area contributed by atoms with Crippen LogP contribution in [0.3, 0.4) is 0 Å². The normalized spacial score (nSPS) is 17.0. The summed E-state index contributed by atoms with van der Waals surface area (Å²) in [5.41, 5.74) is 18.9. The molecule has 9 nitrogen and oxygen atoms in total. The number of fused-ring (bicyclic) bond motifs is 3. The summed E-state index contributed by atoms with van der Waals surface area (Å²) in [6, 6.07) is 61.9. The van der Waals surface area contributed by atoms with E-state index in [1.165, 1.54) is 52.6 Å². The van der Waals surface area contributed by atoms with Crippen LogP contribution < -0.4 is 14.7 Å². The maximum absolute atomic E-state index is 15.9. The lowest BCUT2D eigenvalue weighted by molar-refractivity contribution is -0.132. The third-order valence-electron chi connectivity index (χ3n) is 17.5. The maximum atomic E-state index is 15.9. The minimum atomic E-state index is -0.695. The topological polar surface area (TPSA) is 99.6 Å². The zero-order valence-corrected chi connectivity index (χ0v) is 45.8. The third-order valence-corrected chi connectivity index (χ3v) is 17.5. The van der Waals surface area contributed by atoms with E-state index in [1.54, 1.807) is 18.6 Å². The van der Waals surface area contributed by atoms with Crippen molar-refractivity contribution in [2.24, 2.45) is 17.8 Å². The molecule has 0 unspecified atom stereocenters. The molecule has 0 atom stereocenters. The molecule has 0 N–H and O–H groups in total. The minimum absolute atomic E-state index is 0.147. The maximum Gasteiger partial charge on any atom is 0.230 e. The van der Waals surface area contributed by atoms with Crippen LogP contribution in [0.1, 0.15) is 88.6 Å². The van der Waals surface area contributed by atoms with E-state index >= 15 is 14.4 Å². The number of aromatic nitrogens is 3. The van der Waals surface area contributed by atoms with Gasteiger partial charge in [-0.15, -0.1) is 0 Å². The molecule has 3 heterocycles. The highest BCUT2D eigenvalue weighted by Gasteiger charge is 2.44. The van der Waals surface area contributed by atoms with Gasteiger partial charge < -0.3 is 14.7 Å². The van der Waals surface area contributed by atoms with E-state index < -0.39 is 17.8 Å². The Hall–Kier alpha value is -8.82. The second-order valence-electron chi connectivity index (χ2n) is 22.7. The van der Waals surface area contributed by atoms with E-state index in [-0.39, 0.29) is 56.6 Å². The number of aryl methyl sites for hydroxylation is 6. The van der Waals surface area contributed by atoms with Crippen LogP contribution in [-0.2, 0) is 72.5 Å². The summed E-state index contributed by atoms with van der Waals surface area (Å²) in [5.74, 6) is -2.53. The van der Waals surface area contributed by atoms with Crippen molar-refractivity contribution in [3.8, 4) is 33.8 Å². The highest BCUT2D eigenvalue weighted by atomic mass is 16.2. The van der Waals surface area contributed by atoms with Crippen molar-refractivity contribution >= 4 is 34.8 Å². The van der Waals surface area contributed by atoms with Gasteiger partial charge in [0, 0.05) is 34.4 Å². The van der Waals surface area contributed by atoms with Crippen LogP contribution in [0.4, 0.5) is 17.1 Å². The van der Waals surface area contributed by atoms with Gasteiger partial charge in [0.15, 0.2) is 0 Å². The van der Waals surface area contributed by atoms with Crippen LogP contribution in [0.15, 0.2) is 201 Å². The summed E-state index contributed by atoms with van der Waals surface area (Å²) in [6.07, 6.45) is 16.2. The number of rotatable bonds is 15. The lowest BCUT2D eigenvalue weighted by Crippen LogP contribution is -2.47. The number of carbonyl (C=O) groups excluding carboxylic acids is 3. The van der Waals surface area contributed by atoms with Crippen molar-refractivity contribution in [2.45, 2.75) is 96.7 Å². The van der Waals surface area contributed by atoms with Gasteiger partial charge in [-0.05, 0) is 182 Å². The first kappa shape index (κ1) is 51.6. The van der Waals surface area contributed by atoms with Crippen LogP contribution in [0.5, 0.6) is 0 Å². The third kappa shape index (κ3) is 11.2. The first-order valence-corrected chi connectivity index (χ1v) is 29.1. The Labute approximate surface area is 475 Å². The van der Waals surface area contributed by atoms with Gasteiger partial charge in [-0.3, -0.25) is 29.3 Å². The standard InChI is InChI=1S/C72H66N6O3/c79-70(76(46-49-13-4-1-5-14-49)64-31-34-67(73-43-64)58-28-25-52-19-10-22-55(52)37-58)61-40-62(71(80)77(47-50-15-6-2-7-16-50)65-32-35-68(74-44-65)59-29-26-53-20-11-23-56(53)38-59)42-63(41-61)72(81)78(48-51-17-8-3-9-18-51)66-33-36-69(75-45-66)60-30-27-54-21-12-24-57(54)39-60/h1-9,13-18,25-39,43-45,61-63H,10-12,19-24,40-42,46-48H2. The van der Waals surface area contributed by atoms with Crippen molar-refractivity contribution in [1.29, 1.82) is 0 Å². The number of anilines is 3. The van der Waals surface area contributed by atoms with Crippen LogP contribution in [0.2, 0.25) is 0 Å². The fourth-order valence-corrected chi connectivity index (χ4v) is 13.1. The predicted molar refractivity (Wildman–Crippen MR) is 322 cm³/mol. The molecule has 9 aromatic rings. The van der Waals surface area contributed by atoms with Crippen LogP contribution >= 0.6 is 0 Å². The number of pyridine rings is 3. The molecule has 0 spiro atoms. The largest absolute Gasteiger partial charge is 0.306 e. The molecule has 402 valence electrons. The highest BCUT2D eigenvalue weighted by molar-refractivity contribution is 6.01. The molecular weight excluding hydrogens is 997 g/mol. The average Bonchev–Trinajstić information content (AvgIpc) is 4.38. The number of carbonyl (C=O) groups is 3. The summed E-state index contributed by atoms with van der Waals surface area (Å²) in [6.45, 7) is 0.869. The van der Waals surface area contributed by atoms with Gasteiger partial charge in [0.1, 0.15) is 0 Å². The van der Waals surface area contributed by atoms with E-state index in [0.29, 0.717) is 17.1 Å². The van der Waals surface area contributed by atoms with Crippen LogP contribution in [0.25, 0.3) is 33.8 Å². The summed E-state index contributed by atoms with van der Waals surface area (Å²) in [7, 11) is 0. The minimum Gasteiger partial charge on any atom is -0.306 e. The van der Waals surface area contributed by atoms with Crippen LogP contribution in [-0.4, -0.2) is 32.7 Å². The van der Waals surface area contributed by atoms with Gasteiger partial charge in [0.25, 0.3) is 0 Å². The Bertz CT molecular complexity index is 3320. The first-order valence-electron chi connectivity index (χ1n) is 29.1. The summed E-state index contributed by atoms with van der Waals surface area (Å²) < 4.78 is 0. The van der Waals surface area contributed by atoms with Gasteiger partial charge in [-0.1, -0.05) is 127 Å². The molecule has 4 aliphatic rings. The Morgan fingerprint density at radius 2 is 0.617 bits per heavy atom. The van der Waals surface area contributed by atoms with Gasteiger partial charge in [-0.2, -0.15) is 0 Å². The fraction of sp³-hybridized carbons (Fsp3) is 0.250. The smallest absolute Gasteiger partial charge is 0.230 e. The molecule has 0 saturated heterocycles. The number of amides is 3. The van der Waals surface area contributed by atoms with E-state index in [2.05, 4.69) is 54.6 Å². The summed E-state index contributed by atoms with van der Waals surface area (Å²) >= 11 is 0.